The van der Waals surface area contributed by atoms with E-state index in [-0.39, 0.29) is 42.1 Å². The van der Waals surface area contributed by atoms with Crippen LogP contribution >= 0.6 is 34.3 Å². The molecule has 1 saturated heterocycles. The van der Waals surface area contributed by atoms with E-state index >= 15 is 0 Å². The standard InChI is InChI=1S/C19H19ClN4O4S3/c1-21-16(25)8-14-11-29-17(22-14)9-23-4-5-24(10-18(23)26)31(27,28)19-6-12-2-3-13(20)7-15(12)30-19/h2-3,6-7,11H,4-5,8-10H2,1H3,(H,21,25). The zero-order valence-corrected chi connectivity index (χ0v) is 19.7. The number of thiophene rings is 1. The van der Waals surface area contributed by atoms with Crippen LogP contribution in [-0.4, -0.2) is 61.1 Å². The van der Waals surface area contributed by atoms with Gasteiger partial charge < -0.3 is 10.2 Å². The van der Waals surface area contributed by atoms with E-state index in [1.165, 1.54) is 15.6 Å². The minimum absolute atomic E-state index is 0.129. The van der Waals surface area contributed by atoms with Crippen molar-refractivity contribution in [2.45, 2.75) is 17.2 Å². The Balaban J connectivity index is 1.43. The van der Waals surface area contributed by atoms with E-state index in [1.807, 2.05) is 0 Å². The Kier molecular flexibility index (Phi) is 6.31. The molecule has 1 aromatic carbocycles. The molecule has 2 aromatic heterocycles. The average Bonchev–Trinajstić information content (AvgIpc) is 3.36. The lowest BCUT2D eigenvalue weighted by Crippen LogP contribution is -2.51. The van der Waals surface area contributed by atoms with E-state index < -0.39 is 10.0 Å². The van der Waals surface area contributed by atoms with Gasteiger partial charge in [0.2, 0.25) is 11.8 Å². The van der Waals surface area contributed by atoms with E-state index in [0.717, 1.165) is 21.4 Å². The van der Waals surface area contributed by atoms with Crippen molar-refractivity contribution in [1.82, 2.24) is 19.5 Å². The lowest BCUT2D eigenvalue weighted by Gasteiger charge is -2.32. The molecule has 1 aliphatic rings. The first kappa shape index (κ1) is 22.2. The summed E-state index contributed by atoms with van der Waals surface area (Å²) < 4.78 is 28.3. The molecule has 3 heterocycles. The molecule has 0 spiro atoms. The highest BCUT2D eigenvalue weighted by Gasteiger charge is 2.34. The van der Waals surface area contributed by atoms with Gasteiger partial charge in [-0.3, -0.25) is 9.59 Å². The van der Waals surface area contributed by atoms with Crippen molar-refractivity contribution in [2.75, 3.05) is 26.7 Å². The summed E-state index contributed by atoms with van der Waals surface area (Å²) in [5.41, 5.74) is 0.651. The number of thiazole rings is 1. The highest BCUT2D eigenvalue weighted by atomic mass is 35.5. The lowest BCUT2D eigenvalue weighted by atomic mass is 10.3. The number of hydrogen-bond acceptors (Lipinski definition) is 7. The normalized spacial score (nSPS) is 15.5. The van der Waals surface area contributed by atoms with Gasteiger partial charge in [0.1, 0.15) is 9.22 Å². The zero-order chi connectivity index (χ0) is 22.2. The molecule has 164 valence electrons. The number of nitrogens with zero attached hydrogens (tertiary/aromatic N) is 3. The van der Waals surface area contributed by atoms with Gasteiger partial charge in [-0.15, -0.1) is 22.7 Å². The molecule has 0 aliphatic carbocycles. The maximum absolute atomic E-state index is 13.1. The molecule has 0 saturated carbocycles. The predicted molar refractivity (Wildman–Crippen MR) is 121 cm³/mol. The second-order valence-electron chi connectivity index (χ2n) is 6.98. The first-order chi connectivity index (χ1) is 14.8. The molecule has 12 heteroatoms. The van der Waals surface area contributed by atoms with Crippen molar-refractivity contribution < 1.29 is 18.0 Å². The summed E-state index contributed by atoms with van der Waals surface area (Å²) in [4.78, 5) is 30.1. The Labute approximate surface area is 192 Å². The SMILES string of the molecule is CNC(=O)Cc1csc(CN2CCN(S(=O)(=O)c3cc4ccc(Cl)cc4s3)CC2=O)n1. The number of aromatic nitrogens is 1. The van der Waals surface area contributed by atoms with Crippen molar-refractivity contribution >= 4 is 66.2 Å². The minimum Gasteiger partial charge on any atom is -0.359 e. The van der Waals surface area contributed by atoms with Crippen LogP contribution in [0.25, 0.3) is 10.1 Å². The molecule has 3 aromatic rings. The number of piperazine rings is 1. The number of fused-ring (bicyclic) bond motifs is 1. The fourth-order valence-corrected chi connectivity index (χ4v) is 7.23. The maximum Gasteiger partial charge on any atom is 0.253 e. The van der Waals surface area contributed by atoms with Gasteiger partial charge in [-0.2, -0.15) is 4.31 Å². The van der Waals surface area contributed by atoms with E-state index in [0.29, 0.717) is 22.3 Å². The molecular weight excluding hydrogens is 480 g/mol. The molecule has 0 bridgehead atoms. The number of hydrogen-bond donors (Lipinski definition) is 1. The number of rotatable bonds is 6. The number of carbonyl (C=O) groups is 2. The molecule has 8 nitrogen and oxygen atoms in total. The van der Waals surface area contributed by atoms with Crippen LogP contribution in [-0.2, 0) is 32.6 Å². The largest absolute Gasteiger partial charge is 0.359 e. The lowest BCUT2D eigenvalue weighted by molar-refractivity contribution is -0.134. The quantitative estimate of drug-likeness (QED) is 0.562. The molecule has 0 unspecified atom stereocenters. The van der Waals surface area contributed by atoms with Crippen molar-refractivity contribution in [3.05, 3.63) is 45.4 Å². The zero-order valence-electron chi connectivity index (χ0n) is 16.5. The first-order valence-electron chi connectivity index (χ1n) is 9.37. The second kappa shape index (κ2) is 8.83. The van der Waals surface area contributed by atoms with Crippen LogP contribution in [0, 0.1) is 0 Å². The van der Waals surface area contributed by atoms with Gasteiger partial charge in [0.25, 0.3) is 10.0 Å². The predicted octanol–water partition coefficient (Wildman–Crippen LogP) is 2.33. The number of sulfonamides is 1. The van der Waals surface area contributed by atoms with Gasteiger partial charge in [-0.25, -0.2) is 13.4 Å². The highest BCUT2D eigenvalue weighted by Crippen LogP contribution is 2.33. The first-order valence-corrected chi connectivity index (χ1v) is 12.9. The van der Waals surface area contributed by atoms with Crippen molar-refractivity contribution in [3.63, 3.8) is 0 Å². The minimum atomic E-state index is -3.77. The van der Waals surface area contributed by atoms with Gasteiger partial charge in [0, 0.05) is 35.2 Å². The summed E-state index contributed by atoms with van der Waals surface area (Å²) in [5, 5.41) is 6.40. The van der Waals surface area contributed by atoms with Crippen LogP contribution < -0.4 is 5.32 Å². The number of carbonyl (C=O) groups excluding carboxylic acids is 2. The van der Waals surface area contributed by atoms with Crippen molar-refractivity contribution in [3.8, 4) is 0 Å². The smallest absolute Gasteiger partial charge is 0.253 e. The monoisotopic (exact) mass is 498 g/mol. The molecule has 1 fully saturated rings. The van der Waals surface area contributed by atoms with Crippen LogP contribution in [0.3, 0.4) is 0 Å². The Morgan fingerprint density at radius 3 is 2.84 bits per heavy atom. The summed E-state index contributed by atoms with van der Waals surface area (Å²) in [6.07, 6.45) is 0.188. The fourth-order valence-electron chi connectivity index (χ4n) is 3.21. The van der Waals surface area contributed by atoms with Gasteiger partial charge in [0.05, 0.1) is 25.2 Å². The summed E-state index contributed by atoms with van der Waals surface area (Å²) in [7, 11) is -2.21. The van der Waals surface area contributed by atoms with Gasteiger partial charge in [-0.1, -0.05) is 17.7 Å². The molecule has 1 aliphatic heterocycles. The van der Waals surface area contributed by atoms with E-state index in [9.17, 15) is 18.0 Å². The van der Waals surface area contributed by atoms with E-state index in [4.69, 9.17) is 11.6 Å². The molecule has 0 radical (unpaired) electrons. The van der Waals surface area contributed by atoms with E-state index in [2.05, 4.69) is 10.3 Å². The molecule has 4 rings (SSSR count). The molecule has 2 amide bonds. The summed E-state index contributed by atoms with van der Waals surface area (Å²) in [5.74, 6) is -0.405. The van der Waals surface area contributed by atoms with Crippen LogP contribution in [0.2, 0.25) is 5.02 Å². The highest BCUT2D eigenvalue weighted by molar-refractivity contribution is 7.91. The van der Waals surface area contributed by atoms with Crippen LogP contribution in [0.15, 0.2) is 33.9 Å². The van der Waals surface area contributed by atoms with Gasteiger partial charge >= 0.3 is 0 Å². The third-order valence-electron chi connectivity index (χ3n) is 4.88. The second-order valence-corrected chi connectivity index (χ2v) is 11.6. The number of halogens is 1. The van der Waals surface area contributed by atoms with Crippen LogP contribution in [0.5, 0.6) is 0 Å². The Hall–Kier alpha value is -2.05. The molecule has 1 N–H and O–H groups in total. The van der Waals surface area contributed by atoms with Crippen LogP contribution in [0.1, 0.15) is 10.7 Å². The summed E-state index contributed by atoms with van der Waals surface area (Å²) in [6.45, 7) is 0.568. The number of nitrogens with one attached hydrogen (secondary N) is 1. The van der Waals surface area contributed by atoms with Gasteiger partial charge in [-0.05, 0) is 23.6 Å². The van der Waals surface area contributed by atoms with Gasteiger partial charge in [0.15, 0.2) is 0 Å². The average molecular weight is 499 g/mol. The molecule has 0 atom stereocenters. The molecular formula is C19H19ClN4O4S3. The third-order valence-corrected chi connectivity index (χ3v) is 9.39. The van der Waals surface area contributed by atoms with Crippen molar-refractivity contribution in [1.29, 1.82) is 0 Å². The Bertz CT molecular complexity index is 1250. The maximum atomic E-state index is 13.1. The number of benzene rings is 1. The topological polar surface area (TPSA) is 99.7 Å². The molecule has 31 heavy (non-hydrogen) atoms. The van der Waals surface area contributed by atoms with E-state index in [1.54, 1.807) is 41.6 Å². The summed E-state index contributed by atoms with van der Waals surface area (Å²) >= 11 is 8.52. The Morgan fingerprint density at radius 2 is 2.10 bits per heavy atom. The third kappa shape index (κ3) is 4.75. The van der Waals surface area contributed by atoms with Crippen molar-refractivity contribution in [2.24, 2.45) is 0 Å². The Morgan fingerprint density at radius 1 is 1.29 bits per heavy atom. The number of likely N-dealkylation sites (N-methyl/N-ethyl adjacent to an activating group) is 1. The number of amides is 2. The summed E-state index contributed by atoms with van der Waals surface area (Å²) in [6, 6.07) is 6.85. The fraction of sp³-hybridized carbons (Fsp3) is 0.316. The van der Waals surface area contributed by atoms with Crippen LogP contribution in [0.4, 0.5) is 0 Å².